The number of methoxy groups -OCH3 is 2. The maximum atomic E-state index is 12.3. The molecule has 0 aliphatic rings. The summed E-state index contributed by atoms with van der Waals surface area (Å²) in [6, 6.07) is 12.4. The Balaban J connectivity index is 2.08. The number of hydrogen-bond acceptors (Lipinski definition) is 5. The predicted molar refractivity (Wildman–Crippen MR) is 96.8 cm³/mol. The maximum Gasteiger partial charge on any atom is 0.275 e. The van der Waals surface area contributed by atoms with Crippen molar-refractivity contribution in [3.8, 4) is 17.2 Å². The molecule has 1 N–H and O–H groups in total. The number of nitrogens with one attached hydrogen (secondary N) is 1. The lowest BCUT2D eigenvalue weighted by Crippen LogP contribution is -2.19. The molecule has 0 bridgehead atoms. The number of carbonyl (C=O) groups excluding carboxylic acids is 1. The largest absolute Gasteiger partial charge is 0.493 e. The van der Waals surface area contributed by atoms with Crippen LogP contribution in [0.25, 0.3) is 0 Å². The molecule has 0 saturated heterocycles. The first-order valence-corrected chi connectivity index (χ1v) is 7.86. The molecule has 25 heavy (non-hydrogen) atoms. The Hall–Kier alpha value is -3.02. The molecule has 1 amide bonds. The fourth-order valence-electron chi connectivity index (χ4n) is 2.17. The molecule has 0 spiro atoms. The van der Waals surface area contributed by atoms with Crippen molar-refractivity contribution in [2.45, 2.75) is 20.0 Å². The van der Waals surface area contributed by atoms with Crippen LogP contribution in [0.3, 0.4) is 0 Å². The molecule has 0 unspecified atom stereocenters. The monoisotopic (exact) mass is 342 g/mol. The van der Waals surface area contributed by atoms with Crippen molar-refractivity contribution < 1.29 is 19.0 Å². The van der Waals surface area contributed by atoms with Gasteiger partial charge in [-0.1, -0.05) is 12.1 Å². The summed E-state index contributed by atoms with van der Waals surface area (Å²) in [4.78, 5) is 12.3. The van der Waals surface area contributed by atoms with Gasteiger partial charge in [0, 0.05) is 0 Å². The number of nitrogens with zero attached hydrogens (tertiary/aromatic N) is 1. The van der Waals surface area contributed by atoms with E-state index in [9.17, 15) is 4.79 Å². The zero-order valence-electron chi connectivity index (χ0n) is 14.8. The van der Waals surface area contributed by atoms with Crippen molar-refractivity contribution in [1.82, 2.24) is 5.43 Å². The summed E-state index contributed by atoms with van der Waals surface area (Å²) in [7, 11) is 3.13. The molecule has 132 valence electrons. The Labute approximate surface area is 147 Å². The number of benzene rings is 2. The highest BCUT2D eigenvalue weighted by Gasteiger charge is 2.12. The van der Waals surface area contributed by atoms with Gasteiger partial charge >= 0.3 is 0 Å². The summed E-state index contributed by atoms with van der Waals surface area (Å²) in [6.45, 7) is 3.81. The quantitative estimate of drug-likeness (QED) is 0.619. The number of carbonyl (C=O) groups is 1. The molecule has 0 radical (unpaired) electrons. The molecule has 0 fully saturated rings. The number of hydrogen-bond donors (Lipinski definition) is 1. The summed E-state index contributed by atoms with van der Waals surface area (Å²) in [6.07, 6.45) is 1.51. The van der Waals surface area contributed by atoms with E-state index in [1.807, 2.05) is 26.0 Å². The molecule has 0 saturated carbocycles. The average Bonchev–Trinajstić information content (AvgIpc) is 2.61. The highest BCUT2D eigenvalue weighted by molar-refractivity contribution is 5.97. The molecular weight excluding hydrogens is 320 g/mol. The molecule has 2 aromatic carbocycles. The molecule has 0 aliphatic carbocycles. The fraction of sp³-hybridized carbons (Fsp3) is 0.263. The number of ether oxygens (including phenoxy) is 3. The first-order chi connectivity index (χ1) is 12.0. The zero-order chi connectivity index (χ0) is 18.2. The van der Waals surface area contributed by atoms with Crippen LogP contribution in [0.4, 0.5) is 0 Å². The number of amides is 1. The van der Waals surface area contributed by atoms with Crippen LogP contribution < -0.4 is 19.6 Å². The van der Waals surface area contributed by atoms with E-state index < -0.39 is 0 Å². The van der Waals surface area contributed by atoms with Crippen LogP contribution in [0, 0.1) is 0 Å². The lowest BCUT2D eigenvalue weighted by atomic mass is 10.2. The molecule has 6 heteroatoms. The van der Waals surface area contributed by atoms with Gasteiger partial charge in [-0.3, -0.25) is 4.79 Å². The Morgan fingerprint density at radius 3 is 2.44 bits per heavy atom. The standard InChI is InChI=1S/C19H22N2O4/c1-13(2)25-16-8-6-5-7-15(16)19(22)21-20-12-14-9-10-17(23-3)18(11-14)24-4/h5-13H,1-4H3,(H,21,22)/b20-12+. The highest BCUT2D eigenvalue weighted by Crippen LogP contribution is 2.26. The van der Waals surface area contributed by atoms with Gasteiger partial charge in [0.15, 0.2) is 11.5 Å². The first kappa shape index (κ1) is 18.3. The van der Waals surface area contributed by atoms with Crippen molar-refractivity contribution in [3.63, 3.8) is 0 Å². The number of para-hydroxylation sites is 1. The van der Waals surface area contributed by atoms with E-state index in [1.54, 1.807) is 44.6 Å². The van der Waals surface area contributed by atoms with Crippen LogP contribution in [0.1, 0.15) is 29.8 Å². The minimum absolute atomic E-state index is 0.0239. The lowest BCUT2D eigenvalue weighted by Gasteiger charge is -2.12. The van der Waals surface area contributed by atoms with E-state index in [0.29, 0.717) is 22.8 Å². The Morgan fingerprint density at radius 2 is 1.76 bits per heavy atom. The molecule has 0 aliphatic heterocycles. The van der Waals surface area contributed by atoms with Crippen molar-refractivity contribution in [1.29, 1.82) is 0 Å². The van der Waals surface area contributed by atoms with Gasteiger partial charge in [0.1, 0.15) is 5.75 Å². The zero-order valence-corrected chi connectivity index (χ0v) is 14.8. The number of rotatable bonds is 7. The first-order valence-electron chi connectivity index (χ1n) is 7.86. The van der Waals surface area contributed by atoms with Crippen LogP contribution in [0.15, 0.2) is 47.6 Å². The summed E-state index contributed by atoms with van der Waals surface area (Å²) in [5.41, 5.74) is 3.70. The summed E-state index contributed by atoms with van der Waals surface area (Å²) >= 11 is 0. The highest BCUT2D eigenvalue weighted by atomic mass is 16.5. The van der Waals surface area contributed by atoms with Gasteiger partial charge in [-0.05, 0) is 49.7 Å². The normalized spacial score (nSPS) is 10.8. The maximum absolute atomic E-state index is 12.3. The van der Waals surface area contributed by atoms with E-state index in [2.05, 4.69) is 10.5 Å². The SMILES string of the molecule is COc1ccc(/C=N/NC(=O)c2ccccc2OC(C)C)cc1OC. The molecule has 6 nitrogen and oxygen atoms in total. The van der Waals surface area contributed by atoms with E-state index in [4.69, 9.17) is 14.2 Å². The van der Waals surface area contributed by atoms with E-state index in [1.165, 1.54) is 6.21 Å². The second-order valence-electron chi connectivity index (χ2n) is 5.48. The van der Waals surface area contributed by atoms with Gasteiger partial charge in [0.05, 0.1) is 32.1 Å². The fourth-order valence-corrected chi connectivity index (χ4v) is 2.17. The van der Waals surface area contributed by atoms with E-state index in [0.717, 1.165) is 5.56 Å². The smallest absolute Gasteiger partial charge is 0.275 e. The summed E-state index contributed by atoms with van der Waals surface area (Å²) in [5, 5.41) is 3.99. The predicted octanol–water partition coefficient (Wildman–Crippen LogP) is 3.25. The third-order valence-electron chi connectivity index (χ3n) is 3.28. The third-order valence-corrected chi connectivity index (χ3v) is 3.28. The second kappa shape index (κ2) is 8.73. The average molecular weight is 342 g/mol. The van der Waals surface area contributed by atoms with Crippen molar-refractivity contribution >= 4 is 12.1 Å². The van der Waals surface area contributed by atoms with Gasteiger partial charge < -0.3 is 14.2 Å². The van der Waals surface area contributed by atoms with Gasteiger partial charge in [-0.2, -0.15) is 5.10 Å². The van der Waals surface area contributed by atoms with Crippen molar-refractivity contribution in [2.75, 3.05) is 14.2 Å². The van der Waals surface area contributed by atoms with Crippen molar-refractivity contribution in [2.24, 2.45) is 5.10 Å². The molecular formula is C19H22N2O4. The van der Waals surface area contributed by atoms with E-state index in [-0.39, 0.29) is 12.0 Å². The van der Waals surface area contributed by atoms with Crippen LogP contribution in [-0.2, 0) is 0 Å². The molecule has 0 aromatic heterocycles. The third kappa shape index (κ3) is 4.97. The minimum atomic E-state index is -0.340. The number of hydrazone groups is 1. The van der Waals surface area contributed by atoms with Gasteiger partial charge in [0.25, 0.3) is 5.91 Å². The molecule has 0 heterocycles. The lowest BCUT2D eigenvalue weighted by molar-refractivity contribution is 0.0949. The van der Waals surface area contributed by atoms with Crippen LogP contribution in [0.2, 0.25) is 0 Å². The van der Waals surface area contributed by atoms with Crippen molar-refractivity contribution in [3.05, 3.63) is 53.6 Å². The Bertz CT molecular complexity index is 757. The second-order valence-corrected chi connectivity index (χ2v) is 5.48. The van der Waals surface area contributed by atoms with Gasteiger partial charge in [-0.25, -0.2) is 5.43 Å². The van der Waals surface area contributed by atoms with Gasteiger partial charge in [-0.15, -0.1) is 0 Å². The van der Waals surface area contributed by atoms with Crippen LogP contribution in [0.5, 0.6) is 17.2 Å². The topological polar surface area (TPSA) is 69.2 Å². The minimum Gasteiger partial charge on any atom is -0.493 e. The van der Waals surface area contributed by atoms with Gasteiger partial charge in [0.2, 0.25) is 0 Å². The Kier molecular flexibility index (Phi) is 6.39. The summed E-state index contributed by atoms with van der Waals surface area (Å²) in [5.74, 6) is 1.40. The van der Waals surface area contributed by atoms with Crippen LogP contribution in [-0.4, -0.2) is 32.4 Å². The molecule has 2 aromatic rings. The van der Waals surface area contributed by atoms with E-state index >= 15 is 0 Å². The Morgan fingerprint density at radius 1 is 1.04 bits per heavy atom. The van der Waals surface area contributed by atoms with Crippen LogP contribution >= 0.6 is 0 Å². The molecule has 0 atom stereocenters. The summed E-state index contributed by atoms with van der Waals surface area (Å²) < 4.78 is 16.1. The molecule has 2 rings (SSSR count).